The summed E-state index contributed by atoms with van der Waals surface area (Å²) >= 11 is 1.51. The Kier molecular flexibility index (Phi) is 5.19. The fraction of sp³-hybridized carbons (Fsp3) is 0.529. The molecule has 11 heteroatoms. The fourth-order valence-electron chi connectivity index (χ4n) is 3.85. The summed E-state index contributed by atoms with van der Waals surface area (Å²) < 4.78 is 52.2. The van der Waals surface area contributed by atoms with Crippen LogP contribution in [0.1, 0.15) is 19.3 Å². The van der Waals surface area contributed by atoms with Crippen LogP contribution in [0.2, 0.25) is 0 Å². The molecule has 2 aromatic heterocycles. The third kappa shape index (κ3) is 3.80. The van der Waals surface area contributed by atoms with Crippen LogP contribution in [0, 0.1) is 0 Å². The van der Waals surface area contributed by atoms with Crippen molar-refractivity contribution in [2.45, 2.75) is 37.1 Å². The summed E-state index contributed by atoms with van der Waals surface area (Å²) in [6.45, 7) is 0.514. The summed E-state index contributed by atoms with van der Waals surface area (Å²) in [6, 6.07) is 6.53. The minimum absolute atomic E-state index is 0.0841. The Morgan fingerprint density at radius 2 is 2.04 bits per heavy atom. The van der Waals surface area contributed by atoms with Gasteiger partial charge >= 0.3 is 0 Å². The van der Waals surface area contributed by atoms with Crippen molar-refractivity contribution in [2.75, 3.05) is 18.1 Å². The maximum Gasteiger partial charge on any atom is 0.266 e. The van der Waals surface area contributed by atoms with E-state index >= 15 is 0 Å². The molecule has 4 rings (SSSR count). The molecule has 0 amide bonds. The van der Waals surface area contributed by atoms with Gasteiger partial charge in [0.25, 0.3) is 5.56 Å². The van der Waals surface area contributed by atoms with E-state index in [1.807, 2.05) is 17.5 Å². The van der Waals surface area contributed by atoms with Crippen molar-refractivity contribution in [3.63, 3.8) is 0 Å². The molecule has 0 unspecified atom stereocenters. The molecule has 2 aliphatic heterocycles. The number of aromatic nitrogens is 2. The van der Waals surface area contributed by atoms with E-state index < -0.39 is 31.2 Å². The molecule has 0 spiro atoms. The Labute approximate surface area is 167 Å². The molecule has 2 aromatic rings. The summed E-state index contributed by atoms with van der Waals surface area (Å²) in [5.41, 5.74) is 0.386. The van der Waals surface area contributed by atoms with Crippen LogP contribution in [0.15, 0.2) is 34.4 Å². The molecule has 2 saturated heterocycles. The highest BCUT2D eigenvalue weighted by molar-refractivity contribution is 7.95. The summed E-state index contributed by atoms with van der Waals surface area (Å²) in [5.74, 6) is -0.399. The van der Waals surface area contributed by atoms with E-state index in [1.54, 1.807) is 6.07 Å². The molecule has 2 atom stereocenters. The Bertz CT molecular complexity index is 1120. The highest BCUT2D eigenvalue weighted by atomic mass is 32.2. The average molecular weight is 444 g/mol. The highest BCUT2D eigenvalue weighted by Crippen LogP contribution is 2.29. The van der Waals surface area contributed by atoms with E-state index in [2.05, 4.69) is 5.10 Å². The van der Waals surface area contributed by atoms with Crippen molar-refractivity contribution in [2.24, 2.45) is 0 Å². The van der Waals surface area contributed by atoms with Gasteiger partial charge in [0.1, 0.15) is 5.69 Å². The minimum atomic E-state index is -3.73. The van der Waals surface area contributed by atoms with Crippen molar-refractivity contribution in [1.29, 1.82) is 0 Å². The van der Waals surface area contributed by atoms with Gasteiger partial charge in [0.2, 0.25) is 10.0 Å². The van der Waals surface area contributed by atoms with Crippen LogP contribution in [0.4, 0.5) is 0 Å². The Hall–Kier alpha value is -1.56. The lowest BCUT2D eigenvalue weighted by Crippen LogP contribution is -2.45. The topological polar surface area (TPSA) is 106 Å². The second-order valence-corrected chi connectivity index (χ2v) is 12.5. The smallest absolute Gasteiger partial charge is 0.266 e. The quantitative estimate of drug-likeness (QED) is 0.681. The first kappa shape index (κ1) is 19.7. The Morgan fingerprint density at radius 1 is 1.21 bits per heavy atom. The van der Waals surface area contributed by atoms with E-state index in [9.17, 15) is 21.6 Å². The molecule has 0 N–H and O–H groups in total. The van der Waals surface area contributed by atoms with Crippen molar-refractivity contribution in [3.8, 4) is 10.6 Å². The van der Waals surface area contributed by atoms with Gasteiger partial charge in [-0.15, -0.1) is 11.3 Å². The Morgan fingerprint density at radius 3 is 2.71 bits per heavy atom. The maximum absolute atomic E-state index is 13.0. The number of hydrogen-bond acceptors (Lipinski definition) is 7. The van der Waals surface area contributed by atoms with Crippen LogP contribution >= 0.6 is 11.3 Å². The number of nitrogens with zero attached hydrogens (tertiary/aromatic N) is 3. The predicted octanol–water partition coefficient (Wildman–Crippen LogP) is 0.953. The van der Waals surface area contributed by atoms with Crippen LogP contribution < -0.4 is 5.56 Å². The van der Waals surface area contributed by atoms with E-state index in [-0.39, 0.29) is 30.0 Å². The number of thiophene rings is 1. The lowest BCUT2D eigenvalue weighted by atomic mass is 10.2. The molecule has 2 fully saturated rings. The van der Waals surface area contributed by atoms with Gasteiger partial charge in [-0.25, -0.2) is 21.5 Å². The zero-order valence-corrected chi connectivity index (χ0v) is 17.5. The molecule has 0 bridgehead atoms. The molecule has 28 heavy (non-hydrogen) atoms. The van der Waals surface area contributed by atoms with Crippen molar-refractivity contribution in [3.05, 3.63) is 40.0 Å². The van der Waals surface area contributed by atoms with Crippen molar-refractivity contribution < 1.29 is 16.8 Å². The van der Waals surface area contributed by atoms with Gasteiger partial charge in [-0.2, -0.15) is 9.40 Å². The highest BCUT2D eigenvalue weighted by Gasteiger charge is 2.44. The fourth-order valence-corrected chi connectivity index (χ4v) is 9.31. The molecule has 2 aliphatic rings. The summed E-state index contributed by atoms with van der Waals surface area (Å²) in [6.07, 6.45) is 1.44. The first-order valence-electron chi connectivity index (χ1n) is 9.09. The molecule has 0 aromatic carbocycles. The monoisotopic (exact) mass is 443 g/mol. The van der Waals surface area contributed by atoms with Gasteiger partial charge < -0.3 is 0 Å². The molecule has 8 nitrogen and oxygen atoms in total. The SMILES string of the molecule is O=c1ccc(-c2cccs2)nn1C[C@H]1CCCN1S(=O)(=O)[C@@H]1CCS(=O)(=O)C1. The van der Waals surface area contributed by atoms with Gasteiger partial charge in [0.15, 0.2) is 9.84 Å². The average Bonchev–Trinajstić information content (AvgIpc) is 3.37. The molecule has 4 heterocycles. The van der Waals surface area contributed by atoms with Crippen LogP contribution in [-0.2, 0) is 26.4 Å². The zero-order chi connectivity index (χ0) is 19.9. The third-order valence-corrected chi connectivity index (χ3v) is 10.5. The van der Waals surface area contributed by atoms with E-state index in [4.69, 9.17) is 0 Å². The predicted molar refractivity (Wildman–Crippen MR) is 108 cm³/mol. The van der Waals surface area contributed by atoms with Gasteiger partial charge in [-0.3, -0.25) is 4.79 Å². The van der Waals surface area contributed by atoms with Gasteiger partial charge in [0, 0.05) is 18.7 Å². The van der Waals surface area contributed by atoms with Crippen molar-refractivity contribution >= 4 is 31.2 Å². The molecule has 0 radical (unpaired) electrons. The third-order valence-electron chi connectivity index (χ3n) is 5.29. The lowest BCUT2D eigenvalue weighted by Gasteiger charge is -2.26. The number of hydrogen-bond donors (Lipinski definition) is 0. The number of rotatable bonds is 5. The van der Waals surface area contributed by atoms with Gasteiger partial charge in [0.05, 0.1) is 28.2 Å². The largest absolute Gasteiger partial charge is 0.268 e. The molecular formula is C17H21N3O5S3. The number of sulfone groups is 1. The molecule has 152 valence electrons. The summed E-state index contributed by atoms with van der Waals surface area (Å²) in [4.78, 5) is 13.2. The molecular weight excluding hydrogens is 422 g/mol. The van der Waals surface area contributed by atoms with Crippen molar-refractivity contribution in [1.82, 2.24) is 14.1 Å². The number of sulfonamides is 1. The summed E-state index contributed by atoms with van der Waals surface area (Å²) in [7, 11) is -7.03. The Balaban J connectivity index is 1.58. The van der Waals surface area contributed by atoms with Gasteiger partial charge in [-0.1, -0.05) is 6.07 Å². The van der Waals surface area contributed by atoms with E-state index in [0.29, 0.717) is 25.1 Å². The minimum Gasteiger partial charge on any atom is -0.268 e. The molecule has 0 saturated carbocycles. The normalized spacial score (nSPS) is 25.3. The van der Waals surface area contributed by atoms with Crippen LogP contribution in [-0.4, -0.2) is 60.3 Å². The summed E-state index contributed by atoms with van der Waals surface area (Å²) in [5, 5.41) is 5.45. The van der Waals surface area contributed by atoms with Crippen LogP contribution in [0.3, 0.4) is 0 Å². The van der Waals surface area contributed by atoms with Crippen LogP contribution in [0.25, 0.3) is 10.6 Å². The second-order valence-electron chi connectivity index (χ2n) is 7.19. The zero-order valence-electron chi connectivity index (χ0n) is 15.1. The standard InChI is InChI=1S/C17H21N3O5S3/c21-17-6-5-15(16-4-2-9-26-16)18-19(17)11-13-3-1-8-20(13)28(24,25)14-7-10-27(22,23)12-14/h2,4-6,9,13-14H,1,3,7-8,10-12H2/t13-,14-/m1/s1. The lowest BCUT2D eigenvalue weighted by molar-refractivity contribution is 0.332. The second kappa shape index (κ2) is 7.36. The van der Waals surface area contributed by atoms with Crippen LogP contribution in [0.5, 0.6) is 0 Å². The van der Waals surface area contributed by atoms with E-state index in [0.717, 1.165) is 4.88 Å². The maximum atomic E-state index is 13.0. The first-order valence-corrected chi connectivity index (χ1v) is 13.3. The van der Waals surface area contributed by atoms with E-state index in [1.165, 1.54) is 26.4 Å². The molecule has 0 aliphatic carbocycles. The first-order chi connectivity index (χ1) is 13.3. The van der Waals surface area contributed by atoms with Gasteiger partial charge in [-0.05, 0) is 36.8 Å².